The van der Waals surface area contributed by atoms with Crippen molar-refractivity contribution in [2.45, 2.75) is 102 Å². The number of allylic oxidation sites excluding steroid dienone is 3. The van der Waals surface area contributed by atoms with Crippen LogP contribution in [0.4, 0.5) is 13.2 Å². The zero-order chi connectivity index (χ0) is 33.4. The van der Waals surface area contributed by atoms with Crippen LogP contribution in [0.25, 0.3) is 5.57 Å². The van der Waals surface area contributed by atoms with E-state index >= 15 is 0 Å². The Labute approximate surface area is 270 Å². The van der Waals surface area contributed by atoms with E-state index < -0.39 is 36.1 Å². The average Bonchev–Trinajstić information content (AvgIpc) is 3.05. The molecule has 6 nitrogen and oxygen atoms in total. The lowest BCUT2D eigenvalue weighted by Crippen LogP contribution is -2.46. The zero-order valence-electron chi connectivity index (χ0n) is 26.9. The topological polar surface area (TPSA) is 84.9 Å². The number of carbonyl (C=O) groups excluding carboxylic acids is 2. The van der Waals surface area contributed by atoms with Crippen LogP contribution in [0.1, 0.15) is 106 Å². The van der Waals surface area contributed by atoms with Gasteiger partial charge in [0.25, 0.3) is 0 Å². The summed E-state index contributed by atoms with van der Waals surface area (Å²) in [6.07, 6.45) is 5.58. The molecule has 0 aromatic heterocycles. The lowest BCUT2D eigenvalue weighted by molar-refractivity contribution is -0.311. The van der Waals surface area contributed by atoms with Crippen molar-refractivity contribution in [3.8, 4) is 5.75 Å². The van der Waals surface area contributed by atoms with Crippen LogP contribution >= 0.6 is 0 Å². The molecule has 0 amide bonds. The molecule has 0 radical (unpaired) electrons. The third-order valence-corrected chi connectivity index (χ3v) is 8.21. The van der Waals surface area contributed by atoms with E-state index in [-0.39, 0.29) is 24.0 Å². The molecule has 1 aliphatic carbocycles. The SMILES string of the molecule is CCCCCCCCOc1ccc(C2=CCC(C(=O)[O-])(c3ccccc3C(=O)OC(CCCCCOCC)C(F)(F)F)C=C2)cc1. The molecule has 3 rings (SSSR count). The molecule has 2 aromatic carbocycles. The Balaban J connectivity index is 1.69. The molecule has 46 heavy (non-hydrogen) atoms. The summed E-state index contributed by atoms with van der Waals surface area (Å²) >= 11 is 0. The van der Waals surface area contributed by atoms with Gasteiger partial charge in [0.1, 0.15) is 5.75 Å². The second-order valence-corrected chi connectivity index (χ2v) is 11.6. The van der Waals surface area contributed by atoms with Crippen molar-refractivity contribution in [1.82, 2.24) is 0 Å². The number of alkyl halides is 3. The van der Waals surface area contributed by atoms with Gasteiger partial charge >= 0.3 is 12.1 Å². The Kier molecular flexibility index (Phi) is 14.9. The van der Waals surface area contributed by atoms with Gasteiger partial charge in [-0.25, -0.2) is 4.79 Å². The van der Waals surface area contributed by atoms with Gasteiger partial charge in [-0.1, -0.05) is 94.0 Å². The van der Waals surface area contributed by atoms with E-state index in [0.717, 1.165) is 29.7 Å². The Bertz CT molecular complexity index is 1300. The minimum Gasteiger partial charge on any atom is -0.549 e. The largest absolute Gasteiger partial charge is 0.549 e. The van der Waals surface area contributed by atoms with Gasteiger partial charge in [0.05, 0.1) is 23.6 Å². The minimum atomic E-state index is -4.77. The molecule has 0 fully saturated rings. The van der Waals surface area contributed by atoms with E-state index in [2.05, 4.69) is 6.92 Å². The Hall–Kier alpha value is -3.59. The van der Waals surface area contributed by atoms with E-state index in [0.29, 0.717) is 32.7 Å². The van der Waals surface area contributed by atoms with Crippen LogP contribution in [-0.4, -0.2) is 44.0 Å². The van der Waals surface area contributed by atoms with E-state index in [4.69, 9.17) is 14.2 Å². The van der Waals surface area contributed by atoms with Crippen molar-refractivity contribution in [3.05, 3.63) is 83.4 Å². The van der Waals surface area contributed by atoms with Crippen LogP contribution < -0.4 is 9.84 Å². The summed E-state index contributed by atoms with van der Waals surface area (Å²) in [6, 6.07) is 13.2. The molecule has 0 saturated heterocycles. The summed E-state index contributed by atoms with van der Waals surface area (Å²) in [7, 11) is 0. The molecular formula is C37H46F3O6-. The van der Waals surface area contributed by atoms with Crippen molar-refractivity contribution in [2.75, 3.05) is 19.8 Å². The minimum absolute atomic E-state index is 0.0163. The number of aliphatic carboxylic acids is 1. The number of esters is 1. The first kappa shape index (κ1) is 36.9. The van der Waals surface area contributed by atoms with Gasteiger partial charge < -0.3 is 24.1 Å². The first-order chi connectivity index (χ1) is 22.1. The van der Waals surface area contributed by atoms with Crippen LogP contribution in [0.15, 0.2) is 66.8 Å². The number of rotatable bonds is 20. The van der Waals surface area contributed by atoms with Crippen LogP contribution in [0.5, 0.6) is 5.75 Å². The maximum atomic E-state index is 13.8. The van der Waals surface area contributed by atoms with Gasteiger partial charge in [0.2, 0.25) is 0 Å². The molecule has 2 aromatic rings. The fourth-order valence-corrected chi connectivity index (χ4v) is 5.52. The maximum absolute atomic E-state index is 13.8. The molecule has 2 unspecified atom stereocenters. The summed E-state index contributed by atoms with van der Waals surface area (Å²) in [5.41, 5.74) is -0.391. The molecule has 2 atom stereocenters. The second kappa shape index (κ2) is 18.5. The van der Waals surface area contributed by atoms with Crippen LogP contribution in [0.2, 0.25) is 0 Å². The molecule has 0 saturated carbocycles. The lowest BCUT2D eigenvalue weighted by Gasteiger charge is -2.35. The average molecular weight is 644 g/mol. The number of hydrogen-bond acceptors (Lipinski definition) is 6. The van der Waals surface area contributed by atoms with Crippen molar-refractivity contribution in [2.24, 2.45) is 0 Å². The van der Waals surface area contributed by atoms with Gasteiger partial charge in [0, 0.05) is 13.2 Å². The molecule has 0 heterocycles. The number of carboxylic acids is 1. The maximum Gasteiger partial charge on any atom is 0.425 e. The zero-order valence-corrected chi connectivity index (χ0v) is 26.9. The quantitative estimate of drug-likeness (QED) is 0.107. The molecule has 9 heteroatoms. The van der Waals surface area contributed by atoms with Gasteiger partial charge in [-0.05, 0) is 73.9 Å². The third kappa shape index (κ3) is 10.7. The fourth-order valence-electron chi connectivity index (χ4n) is 5.52. The molecule has 0 N–H and O–H groups in total. The number of hydrogen-bond donors (Lipinski definition) is 0. The standard InChI is InChI=1S/C37H47F3O6/c1-3-5-6-7-8-14-27-45-30-20-18-28(19-21-30)29-22-24-36(25-23-29,35(42)43)32-16-12-11-15-31(32)34(41)46-33(37(38,39)40)17-10-9-13-26-44-4-2/h11-12,15-16,18-24,33H,3-10,13-14,17,25-27H2,1-2H3,(H,42,43)/p-1. The summed E-state index contributed by atoms with van der Waals surface area (Å²) < 4.78 is 57.5. The number of ether oxygens (including phenoxy) is 3. The number of carboxylic acid groups (broad SMARTS) is 1. The Morgan fingerprint density at radius 3 is 2.22 bits per heavy atom. The monoisotopic (exact) mass is 643 g/mol. The van der Waals surface area contributed by atoms with E-state index in [9.17, 15) is 27.9 Å². The van der Waals surface area contributed by atoms with Gasteiger partial charge in [0.15, 0.2) is 6.10 Å². The Morgan fingerprint density at radius 1 is 0.891 bits per heavy atom. The van der Waals surface area contributed by atoms with E-state index in [1.807, 2.05) is 31.2 Å². The highest BCUT2D eigenvalue weighted by Crippen LogP contribution is 2.39. The van der Waals surface area contributed by atoms with Gasteiger partial charge in [-0.3, -0.25) is 0 Å². The second-order valence-electron chi connectivity index (χ2n) is 11.6. The van der Waals surface area contributed by atoms with Crippen LogP contribution in [-0.2, 0) is 19.7 Å². The molecule has 252 valence electrons. The van der Waals surface area contributed by atoms with E-state index in [1.165, 1.54) is 56.0 Å². The molecule has 0 bridgehead atoms. The van der Waals surface area contributed by atoms with Crippen molar-refractivity contribution < 1.29 is 42.1 Å². The molecular weight excluding hydrogens is 597 g/mol. The van der Waals surface area contributed by atoms with E-state index in [1.54, 1.807) is 12.2 Å². The van der Waals surface area contributed by atoms with Crippen molar-refractivity contribution in [3.63, 3.8) is 0 Å². The smallest absolute Gasteiger partial charge is 0.425 e. The third-order valence-electron chi connectivity index (χ3n) is 8.21. The molecule has 1 aliphatic rings. The van der Waals surface area contributed by atoms with Crippen LogP contribution in [0.3, 0.4) is 0 Å². The first-order valence-corrected chi connectivity index (χ1v) is 16.4. The summed E-state index contributed by atoms with van der Waals surface area (Å²) in [5.74, 6) is -1.95. The van der Waals surface area contributed by atoms with Gasteiger partial charge in [-0.15, -0.1) is 0 Å². The highest BCUT2D eigenvalue weighted by molar-refractivity contribution is 5.96. The number of unbranched alkanes of at least 4 members (excludes halogenated alkanes) is 7. The van der Waals surface area contributed by atoms with Crippen molar-refractivity contribution in [1.29, 1.82) is 0 Å². The number of halogens is 3. The predicted octanol–water partition coefficient (Wildman–Crippen LogP) is 8.14. The number of carbonyl (C=O) groups is 2. The summed E-state index contributed by atoms with van der Waals surface area (Å²) in [4.78, 5) is 25.8. The van der Waals surface area contributed by atoms with Crippen molar-refractivity contribution >= 4 is 17.5 Å². The highest BCUT2D eigenvalue weighted by Gasteiger charge is 2.43. The highest BCUT2D eigenvalue weighted by atomic mass is 19.4. The number of benzene rings is 2. The normalized spacial score (nSPS) is 16.9. The lowest BCUT2D eigenvalue weighted by atomic mass is 9.72. The van der Waals surface area contributed by atoms with Gasteiger partial charge in [-0.2, -0.15) is 13.2 Å². The first-order valence-electron chi connectivity index (χ1n) is 16.4. The molecule has 0 spiro atoms. The van der Waals surface area contributed by atoms with Crippen LogP contribution in [0, 0.1) is 0 Å². The summed E-state index contributed by atoms with van der Waals surface area (Å²) in [5, 5.41) is 12.6. The fraction of sp³-hybridized carbons (Fsp3) is 0.514. The Morgan fingerprint density at radius 2 is 1.57 bits per heavy atom. The summed E-state index contributed by atoms with van der Waals surface area (Å²) in [6.45, 7) is 5.66. The predicted molar refractivity (Wildman–Crippen MR) is 170 cm³/mol. The molecule has 0 aliphatic heterocycles.